The minimum atomic E-state index is -0.483. The molecule has 3 aromatic rings. The molecule has 1 aliphatic heterocycles. The van der Waals surface area contributed by atoms with Gasteiger partial charge in [-0.05, 0) is 60.5 Å². The smallest absolute Gasteiger partial charge is 0.283 e. The van der Waals surface area contributed by atoms with Crippen molar-refractivity contribution in [1.29, 1.82) is 0 Å². The van der Waals surface area contributed by atoms with Crippen molar-refractivity contribution in [2.75, 3.05) is 17.3 Å². The van der Waals surface area contributed by atoms with Crippen LogP contribution in [0.4, 0.5) is 11.4 Å². The van der Waals surface area contributed by atoms with E-state index < -0.39 is 11.8 Å². The molecule has 33 heavy (non-hydrogen) atoms. The molecule has 3 aromatic carbocycles. The van der Waals surface area contributed by atoms with E-state index in [-0.39, 0.29) is 16.3 Å². The highest BCUT2D eigenvalue weighted by Gasteiger charge is 2.41. The molecule has 0 aliphatic carbocycles. The molecule has 0 unspecified atom stereocenters. The average molecular weight is 499 g/mol. The summed E-state index contributed by atoms with van der Waals surface area (Å²) in [6.45, 7) is 2.03. The maximum absolute atomic E-state index is 13.6. The Morgan fingerprint density at radius 3 is 2.33 bits per heavy atom. The van der Waals surface area contributed by atoms with Gasteiger partial charge in [-0.2, -0.15) is 0 Å². The number of nitrogens with one attached hydrogen (secondary N) is 1. The number of benzene rings is 3. The summed E-state index contributed by atoms with van der Waals surface area (Å²) < 4.78 is 5.40. The van der Waals surface area contributed by atoms with Gasteiger partial charge in [0.25, 0.3) is 11.8 Å². The summed E-state index contributed by atoms with van der Waals surface area (Å²) in [5.74, 6) is -0.577. The van der Waals surface area contributed by atoms with Gasteiger partial charge in [0.05, 0.1) is 12.8 Å². The van der Waals surface area contributed by atoms with Crippen molar-refractivity contribution >= 4 is 58.2 Å². The molecule has 1 N–H and O–H groups in total. The number of nitrogens with zero attached hydrogens (tertiary/aromatic N) is 1. The zero-order valence-electron chi connectivity index (χ0n) is 17.9. The van der Waals surface area contributed by atoms with Crippen molar-refractivity contribution in [3.63, 3.8) is 0 Å². The maximum atomic E-state index is 13.6. The Morgan fingerprint density at radius 2 is 1.64 bits per heavy atom. The van der Waals surface area contributed by atoms with Crippen LogP contribution in [0.1, 0.15) is 12.5 Å². The third-order valence-corrected chi connectivity index (χ3v) is 6.69. The first-order valence-corrected chi connectivity index (χ1v) is 11.7. The van der Waals surface area contributed by atoms with Gasteiger partial charge in [-0.25, -0.2) is 4.90 Å². The molecule has 1 aliphatic rings. The topological polar surface area (TPSA) is 58.6 Å². The zero-order chi connectivity index (χ0) is 23.5. The second-order valence-corrected chi connectivity index (χ2v) is 9.11. The number of rotatable bonds is 7. The standard InChI is InChI=1S/C25H20Cl2N2O3S/c1-3-15-6-4-5-7-19(15)28-22-23(33-18-11-8-16(26)9-12-18)25(31)29(24(22)30)20-14-17(27)10-13-21(20)32-2/h4-14,28H,3H2,1-2H3. The van der Waals surface area contributed by atoms with E-state index in [0.29, 0.717) is 15.8 Å². The fraction of sp³-hybridized carbons (Fsp3) is 0.120. The summed E-state index contributed by atoms with van der Waals surface area (Å²) in [4.78, 5) is 29.3. The quantitative estimate of drug-likeness (QED) is 0.374. The highest BCUT2D eigenvalue weighted by molar-refractivity contribution is 8.04. The van der Waals surface area contributed by atoms with Crippen LogP contribution in [0.3, 0.4) is 0 Å². The number of carbonyl (C=O) groups is 2. The minimum absolute atomic E-state index is 0.197. The first-order valence-electron chi connectivity index (χ1n) is 10.2. The van der Waals surface area contributed by atoms with E-state index >= 15 is 0 Å². The molecule has 0 spiro atoms. The van der Waals surface area contributed by atoms with Crippen LogP contribution >= 0.6 is 35.0 Å². The van der Waals surface area contributed by atoms with E-state index in [4.69, 9.17) is 27.9 Å². The predicted molar refractivity (Wildman–Crippen MR) is 134 cm³/mol. The largest absolute Gasteiger partial charge is 0.495 e. The van der Waals surface area contributed by atoms with Gasteiger partial charge in [0, 0.05) is 20.6 Å². The SMILES string of the molecule is CCc1ccccc1NC1=C(Sc2ccc(Cl)cc2)C(=O)N(c2cc(Cl)ccc2OC)C1=O. The normalized spacial score (nSPS) is 13.6. The van der Waals surface area contributed by atoms with Crippen LogP contribution in [0.5, 0.6) is 5.75 Å². The number of methoxy groups -OCH3 is 1. The van der Waals surface area contributed by atoms with Gasteiger partial charge in [-0.3, -0.25) is 9.59 Å². The summed E-state index contributed by atoms with van der Waals surface area (Å²) in [5, 5.41) is 4.19. The second-order valence-electron chi connectivity index (χ2n) is 7.16. The summed E-state index contributed by atoms with van der Waals surface area (Å²) in [6, 6.07) is 19.6. The van der Waals surface area contributed by atoms with Gasteiger partial charge in [-0.1, -0.05) is 60.1 Å². The van der Waals surface area contributed by atoms with Crippen LogP contribution < -0.4 is 15.0 Å². The number of amides is 2. The molecule has 8 heteroatoms. The van der Waals surface area contributed by atoms with Gasteiger partial charge in [-0.15, -0.1) is 0 Å². The highest BCUT2D eigenvalue weighted by atomic mass is 35.5. The van der Waals surface area contributed by atoms with Crippen molar-refractivity contribution in [3.8, 4) is 5.75 Å². The molecular weight excluding hydrogens is 479 g/mol. The van der Waals surface area contributed by atoms with Crippen molar-refractivity contribution in [1.82, 2.24) is 0 Å². The fourth-order valence-corrected chi connectivity index (χ4v) is 4.70. The Kier molecular flexibility index (Phi) is 6.98. The summed E-state index contributed by atoms with van der Waals surface area (Å²) in [6.07, 6.45) is 0.768. The number of halogens is 2. The Hall–Kier alpha value is -2.93. The molecule has 0 saturated carbocycles. The van der Waals surface area contributed by atoms with E-state index in [9.17, 15) is 9.59 Å². The van der Waals surface area contributed by atoms with Crippen LogP contribution in [0.15, 0.2) is 82.2 Å². The van der Waals surface area contributed by atoms with Crippen LogP contribution in [0.25, 0.3) is 0 Å². The van der Waals surface area contributed by atoms with Gasteiger partial charge in [0.15, 0.2) is 0 Å². The van der Waals surface area contributed by atoms with Gasteiger partial charge >= 0.3 is 0 Å². The van der Waals surface area contributed by atoms with Gasteiger partial charge in [0.2, 0.25) is 0 Å². The Bertz CT molecular complexity index is 1260. The Balaban J connectivity index is 1.80. The lowest BCUT2D eigenvalue weighted by molar-refractivity contribution is -0.120. The molecule has 5 nitrogen and oxygen atoms in total. The summed E-state index contributed by atoms with van der Waals surface area (Å²) >= 11 is 13.4. The van der Waals surface area contributed by atoms with E-state index in [1.165, 1.54) is 18.9 Å². The van der Waals surface area contributed by atoms with Crippen LogP contribution in [0.2, 0.25) is 10.0 Å². The van der Waals surface area contributed by atoms with Crippen molar-refractivity contribution < 1.29 is 14.3 Å². The van der Waals surface area contributed by atoms with E-state index in [2.05, 4.69) is 5.32 Å². The molecule has 0 fully saturated rings. The van der Waals surface area contributed by atoms with E-state index in [1.54, 1.807) is 42.5 Å². The second kappa shape index (κ2) is 9.91. The molecule has 0 aromatic heterocycles. The Labute approximate surface area is 206 Å². The lowest BCUT2D eigenvalue weighted by Crippen LogP contribution is -2.32. The number of aryl methyl sites for hydroxylation is 1. The first-order chi connectivity index (χ1) is 15.9. The molecule has 0 saturated heterocycles. The number of hydrogen-bond donors (Lipinski definition) is 1. The molecular formula is C25H20Cl2N2O3S. The van der Waals surface area contributed by atoms with Gasteiger partial charge in [0.1, 0.15) is 16.4 Å². The summed E-state index contributed by atoms with van der Waals surface area (Å²) in [7, 11) is 1.48. The molecule has 1 heterocycles. The number of para-hydroxylation sites is 1. The maximum Gasteiger partial charge on any atom is 0.283 e. The van der Waals surface area contributed by atoms with Gasteiger partial charge < -0.3 is 10.1 Å². The number of ether oxygens (including phenoxy) is 1. The van der Waals surface area contributed by atoms with Crippen molar-refractivity contribution in [3.05, 3.63) is 92.9 Å². The zero-order valence-corrected chi connectivity index (χ0v) is 20.2. The Morgan fingerprint density at radius 1 is 0.939 bits per heavy atom. The summed E-state index contributed by atoms with van der Waals surface area (Å²) in [5.41, 5.74) is 2.28. The number of imide groups is 1. The number of thioether (sulfide) groups is 1. The first kappa shape index (κ1) is 23.2. The monoisotopic (exact) mass is 498 g/mol. The molecule has 0 atom stereocenters. The number of carbonyl (C=O) groups excluding carboxylic acids is 2. The lowest BCUT2D eigenvalue weighted by atomic mass is 10.1. The van der Waals surface area contributed by atoms with Crippen LogP contribution in [-0.2, 0) is 16.0 Å². The van der Waals surface area contributed by atoms with Crippen molar-refractivity contribution in [2.24, 2.45) is 0 Å². The number of anilines is 2. The highest BCUT2D eigenvalue weighted by Crippen LogP contribution is 2.41. The van der Waals surface area contributed by atoms with E-state index in [1.807, 2.05) is 31.2 Å². The molecule has 0 radical (unpaired) electrons. The third kappa shape index (κ3) is 4.74. The third-order valence-electron chi connectivity index (χ3n) is 5.11. The molecule has 2 amide bonds. The van der Waals surface area contributed by atoms with Crippen molar-refractivity contribution in [2.45, 2.75) is 18.2 Å². The molecule has 4 rings (SSSR count). The predicted octanol–water partition coefficient (Wildman–Crippen LogP) is 6.55. The molecule has 0 bridgehead atoms. The van der Waals surface area contributed by atoms with Crippen LogP contribution in [-0.4, -0.2) is 18.9 Å². The average Bonchev–Trinajstić information content (AvgIpc) is 3.04. The minimum Gasteiger partial charge on any atom is -0.495 e. The van der Waals surface area contributed by atoms with E-state index in [0.717, 1.165) is 27.5 Å². The van der Waals surface area contributed by atoms with Crippen LogP contribution in [0, 0.1) is 0 Å². The fourth-order valence-electron chi connectivity index (χ4n) is 3.48. The lowest BCUT2D eigenvalue weighted by Gasteiger charge is -2.19. The number of hydrogen-bond acceptors (Lipinski definition) is 5. The molecule has 168 valence electrons.